The average Bonchev–Trinajstić information content (AvgIpc) is 2.35. The Morgan fingerprint density at radius 3 is 2.35 bits per heavy atom. The Balaban J connectivity index is 2.86. The van der Waals surface area contributed by atoms with Crippen LogP contribution in [0.1, 0.15) is 45.1 Å². The highest BCUT2D eigenvalue weighted by atomic mass is 16.4. The molecule has 0 bridgehead atoms. The number of benzene rings is 1. The highest BCUT2D eigenvalue weighted by Gasteiger charge is 2.35. The van der Waals surface area contributed by atoms with Gasteiger partial charge < -0.3 is 5.11 Å². The third-order valence-electron chi connectivity index (χ3n) is 3.52. The van der Waals surface area contributed by atoms with Crippen molar-refractivity contribution >= 4 is 5.97 Å². The van der Waals surface area contributed by atoms with Gasteiger partial charge in [-0.3, -0.25) is 4.79 Å². The van der Waals surface area contributed by atoms with Crippen LogP contribution in [0.3, 0.4) is 0 Å². The Kier molecular flexibility index (Phi) is 5.20. The van der Waals surface area contributed by atoms with Gasteiger partial charge in [0.05, 0.1) is 5.41 Å². The number of carboxylic acid groups (broad SMARTS) is 1. The van der Waals surface area contributed by atoms with Gasteiger partial charge in [0.25, 0.3) is 0 Å². The van der Waals surface area contributed by atoms with Crippen LogP contribution in [-0.2, 0) is 11.2 Å². The van der Waals surface area contributed by atoms with Gasteiger partial charge in [-0.15, -0.1) is 0 Å². The molecule has 17 heavy (non-hydrogen) atoms. The minimum Gasteiger partial charge on any atom is -0.481 e. The number of carbonyl (C=O) groups is 1. The van der Waals surface area contributed by atoms with Crippen LogP contribution in [0.4, 0.5) is 0 Å². The summed E-state index contributed by atoms with van der Waals surface area (Å²) in [6, 6.07) is 9.93. The van der Waals surface area contributed by atoms with E-state index in [1.807, 2.05) is 37.3 Å². The number of hydrogen-bond acceptors (Lipinski definition) is 1. The van der Waals surface area contributed by atoms with Crippen molar-refractivity contribution in [1.82, 2.24) is 0 Å². The predicted octanol–water partition coefficient (Wildman–Crippen LogP) is 3.90. The molecule has 1 aromatic rings. The molecule has 1 aromatic carbocycles. The lowest BCUT2D eigenvalue weighted by atomic mass is 9.75. The van der Waals surface area contributed by atoms with E-state index in [1.165, 1.54) is 0 Å². The highest BCUT2D eigenvalue weighted by Crippen LogP contribution is 2.33. The largest absolute Gasteiger partial charge is 0.481 e. The van der Waals surface area contributed by atoms with E-state index in [9.17, 15) is 9.90 Å². The lowest BCUT2D eigenvalue weighted by Crippen LogP contribution is -2.32. The quantitative estimate of drug-likeness (QED) is 0.777. The summed E-state index contributed by atoms with van der Waals surface area (Å²) in [7, 11) is 0. The standard InChI is InChI=1S/C15H22O2/c1-3-5-11-15(4-2,14(16)17)12-13-9-7-6-8-10-13/h6-10H,3-5,11-12H2,1-2H3,(H,16,17). The zero-order chi connectivity index (χ0) is 12.7. The molecule has 94 valence electrons. The van der Waals surface area contributed by atoms with Crippen LogP contribution in [0, 0.1) is 5.41 Å². The maximum atomic E-state index is 11.6. The molecule has 0 saturated carbocycles. The predicted molar refractivity (Wildman–Crippen MR) is 70.0 cm³/mol. The molecule has 0 amide bonds. The Morgan fingerprint density at radius 1 is 1.24 bits per heavy atom. The van der Waals surface area contributed by atoms with Gasteiger partial charge in [-0.05, 0) is 24.8 Å². The molecule has 0 aromatic heterocycles. The van der Waals surface area contributed by atoms with Gasteiger partial charge in [0.2, 0.25) is 0 Å². The Bertz CT molecular complexity index is 345. The fraction of sp³-hybridized carbons (Fsp3) is 0.533. The van der Waals surface area contributed by atoms with Gasteiger partial charge >= 0.3 is 5.97 Å². The molecule has 2 heteroatoms. The van der Waals surface area contributed by atoms with E-state index in [2.05, 4.69) is 6.92 Å². The third kappa shape index (κ3) is 3.58. The van der Waals surface area contributed by atoms with E-state index in [1.54, 1.807) is 0 Å². The molecule has 0 radical (unpaired) electrons. The molecule has 2 nitrogen and oxygen atoms in total. The number of rotatable bonds is 7. The molecule has 1 atom stereocenters. The van der Waals surface area contributed by atoms with Gasteiger partial charge in [0.15, 0.2) is 0 Å². The van der Waals surface area contributed by atoms with Crippen LogP contribution < -0.4 is 0 Å². The van der Waals surface area contributed by atoms with Crippen molar-refractivity contribution in [2.75, 3.05) is 0 Å². The van der Waals surface area contributed by atoms with Gasteiger partial charge in [-0.1, -0.05) is 57.0 Å². The smallest absolute Gasteiger partial charge is 0.309 e. The molecule has 1 unspecified atom stereocenters. The van der Waals surface area contributed by atoms with Gasteiger partial charge in [0, 0.05) is 0 Å². The van der Waals surface area contributed by atoms with Crippen molar-refractivity contribution in [2.45, 2.75) is 46.0 Å². The first-order valence-electron chi connectivity index (χ1n) is 6.42. The van der Waals surface area contributed by atoms with E-state index in [0.717, 1.165) is 24.8 Å². The van der Waals surface area contributed by atoms with E-state index in [-0.39, 0.29) is 0 Å². The summed E-state index contributed by atoms with van der Waals surface area (Å²) in [5.41, 5.74) is 0.532. The summed E-state index contributed by atoms with van der Waals surface area (Å²) in [6.45, 7) is 4.08. The van der Waals surface area contributed by atoms with E-state index in [4.69, 9.17) is 0 Å². The zero-order valence-corrected chi connectivity index (χ0v) is 10.8. The maximum Gasteiger partial charge on any atom is 0.309 e. The number of unbranched alkanes of at least 4 members (excludes halogenated alkanes) is 1. The molecule has 0 heterocycles. The molecular formula is C15H22O2. The first-order valence-corrected chi connectivity index (χ1v) is 6.42. The summed E-state index contributed by atoms with van der Waals surface area (Å²) in [6.07, 6.45) is 4.12. The lowest BCUT2D eigenvalue weighted by molar-refractivity contribution is -0.149. The lowest BCUT2D eigenvalue weighted by Gasteiger charge is -2.28. The highest BCUT2D eigenvalue weighted by molar-refractivity contribution is 5.75. The summed E-state index contributed by atoms with van der Waals surface area (Å²) in [4.78, 5) is 11.6. The summed E-state index contributed by atoms with van der Waals surface area (Å²) < 4.78 is 0. The first-order chi connectivity index (χ1) is 8.14. The topological polar surface area (TPSA) is 37.3 Å². The van der Waals surface area contributed by atoms with E-state index >= 15 is 0 Å². The fourth-order valence-corrected chi connectivity index (χ4v) is 2.23. The van der Waals surface area contributed by atoms with Crippen molar-refractivity contribution in [1.29, 1.82) is 0 Å². The van der Waals surface area contributed by atoms with E-state index in [0.29, 0.717) is 12.8 Å². The molecule has 1 rings (SSSR count). The van der Waals surface area contributed by atoms with Crippen LogP contribution in [0.25, 0.3) is 0 Å². The van der Waals surface area contributed by atoms with Crippen molar-refractivity contribution in [2.24, 2.45) is 5.41 Å². The number of hydrogen-bond donors (Lipinski definition) is 1. The summed E-state index contributed by atoms with van der Waals surface area (Å²) in [5, 5.41) is 9.51. The van der Waals surface area contributed by atoms with Crippen molar-refractivity contribution in [3.8, 4) is 0 Å². The average molecular weight is 234 g/mol. The molecular weight excluding hydrogens is 212 g/mol. The minimum atomic E-state index is -0.655. The molecule has 0 aliphatic heterocycles. The molecule has 0 fully saturated rings. The Morgan fingerprint density at radius 2 is 1.88 bits per heavy atom. The SMILES string of the molecule is CCCCC(CC)(Cc1ccccc1)C(=O)O. The molecule has 0 spiro atoms. The fourth-order valence-electron chi connectivity index (χ4n) is 2.23. The second kappa shape index (κ2) is 6.43. The monoisotopic (exact) mass is 234 g/mol. The first kappa shape index (κ1) is 13.8. The normalized spacial score (nSPS) is 14.2. The number of carboxylic acids is 1. The summed E-state index contributed by atoms with van der Waals surface area (Å²) in [5.74, 6) is -0.655. The second-order valence-corrected chi connectivity index (χ2v) is 4.70. The Labute approximate surface area is 104 Å². The van der Waals surface area contributed by atoms with Crippen LogP contribution in [0.2, 0.25) is 0 Å². The van der Waals surface area contributed by atoms with Gasteiger partial charge in [0.1, 0.15) is 0 Å². The maximum absolute atomic E-state index is 11.6. The Hall–Kier alpha value is -1.31. The van der Waals surface area contributed by atoms with Crippen LogP contribution in [0.15, 0.2) is 30.3 Å². The van der Waals surface area contributed by atoms with E-state index < -0.39 is 11.4 Å². The van der Waals surface area contributed by atoms with Crippen LogP contribution in [0.5, 0.6) is 0 Å². The molecule has 0 saturated heterocycles. The van der Waals surface area contributed by atoms with Crippen molar-refractivity contribution < 1.29 is 9.90 Å². The number of aliphatic carboxylic acids is 1. The van der Waals surface area contributed by atoms with Gasteiger partial charge in [-0.2, -0.15) is 0 Å². The van der Waals surface area contributed by atoms with Crippen LogP contribution in [-0.4, -0.2) is 11.1 Å². The van der Waals surface area contributed by atoms with Crippen LogP contribution >= 0.6 is 0 Å². The third-order valence-corrected chi connectivity index (χ3v) is 3.52. The molecule has 1 N–H and O–H groups in total. The van der Waals surface area contributed by atoms with Gasteiger partial charge in [-0.25, -0.2) is 0 Å². The van der Waals surface area contributed by atoms with Crippen molar-refractivity contribution in [3.63, 3.8) is 0 Å². The zero-order valence-electron chi connectivity index (χ0n) is 10.8. The minimum absolute atomic E-state index is 0.586. The molecule has 0 aliphatic carbocycles. The second-order valence-electron chi connectivity index (χ2n) is 4.70. The van der Waals surface area contributed by atoms with Crippen molar-refractivity contribution in [3.05, 3.63) is 35.9 Å². The molecule has 0 aliphatic rings. The summed E-state index contributed by atoms with van der Waals surface area (Å²) >= 11 is 0.